The van der Waals surface area contributed by atoms with Crippen molar-refractivity contribution in [2.75, 3.05) is 11.1 Å². The van der Waals surface area contributed by atoms with Gasteiger partial charge in [-0.05, 0) is 36.4 Å². The van der Waals surface area contributed by atoms with Crippen LogP contribution in [0.3, 0.4) is 0 Å². The molecule has 3 aromatic carbocycles. The van der Waals surface area contributed by atoms with Gasteiger partial charge in [-0.1, -0.05) is 42.5 Å². The summed E-state index contributed by atoms with van der Waals surface area (Å²) in [6.07, 6.45) is 0. The lowest BCUT2D eigenvalue weighted by molar-refractivity contribution is 0.0464. The molecular weight excluding hydrogens is 380 g/mol. The summed E-state index contributed by atoms with van der Waals surface area (Å²) < 4.78 is 5.38. The van der Waals surface area contributed by atoms with Crippen LogP contribution in [0.5, 0.6) is 0 Å². The fourth-order valence-corrected chi connectivity index (χ4v) is 2.98. The number of aromatic nitrogens is 2. The summed E-state index contributed by atoms with van der Waals surface area (Å²) in [5, 5.41) is 3.49. The maximum Gasteiger partial charge on any atom is 0.340 e. The molecular formula is C23H18N4O3. The van der Waals surface area contributed by atoms with Crippen molar-refractivity contribution in [3.8, 4) is 0 Å². The Bertz CT molecular complexity index is 1230. The molecule has 0 spiro atoms. The van der Waals surface area contributed by atoms with Crippen molar-refractivity contribution < 1.29 is 14.3 Å². The van der Waals surface area contributed by atoms with E-state index in [0.717, 1.165) is 5.39 Å². The van der Waals surface area contributed by atoms with E-state index >= 15 is 0 Å². The molecule has 0 fully saturated rings. The molecule has 30 heavy (non-hydrogen) atoms. The van der Waals surface area contributed by atoms with Gasteiger partial charge in [0.1, 0.15) is 5.82 Å². The normalized spacial score (nSPS) is 10.5. The number of carbonyl (C=O) groups is 2. The zero-order valence-electron chi connectivity index (χ0n) is 15.9. The van der Waals surface area contributed by atoms with Crippen molar-refractivity contribution in [3.63, 3.8) is 0 Å². The predicted molar refractivity (Wildman–Crippen MR) is 114 cm³/mol. The molecule has 0 atom stereocenters. The Kier molecular flexibility index (Phi) is 5.34. The highest BCUT2D eigenvalue weighted by atomic mass is 16.5. The third-order valence-electron chi connectivity index (χ3n) is 4.44. The number of rotatable bonds is 5. The molecule has 0 aliphatic carbocycles. The molecule has 0 saturated heterocycles. The van der Waals surface area contributed by atoms with Gasteiger partial charge < -0.3 is 15.8 Å². The van der Waals surface area contributed by atoms with Crippen LogP contribution in [0.25, 0.3) is 10.9 Å². The van der Waals surface area contributed by atoms with Crippen LogP contribution in [0.1, 0.15) is 26.5 Å². The number of esters is 1. The topological polar surface area (TPSA) is 107 Å². The van der Waals surface area contributed by atoms with Gasteiger partial charge in [0.05, 0.1) is 16.8 Å². The highest BCUT2D eigenvalue weighted by molar-refractivity contribution is 6.08. The van der Waals surface area contributed by atoms with Crippen LogP contribution < -0.4 is 11.1 Å². The van der Waals surface area contributed by atoms with E-state index < -0.39 is 5.97 Å². The summed E-state index contributed by atoms with van der Waals surface area (Å²) in [6, 6.07) is 22.7. The van der Waals surface area contributed by atoms with Crippen molar-refractivity contribution in [2.24, 2.45) is 0 Å². The predicted octanol–water partition coefficient (Wildman–Crippen LogP) is 3.82. The summed E-state index contributed by atoms with van der Waals surface area (Å²) in [6.45, 7) is -0.144. The van der Waals surface area contributed by atoms with Crippen LogP contribution in [0.15, 0.2) is 78.9 Å². The summed E-state index contributed by atoms with van der Waals surface area (Å²) >= 11 is 0. The van der Waals surface area contributed by atoms with Crippen molar-refractivity contribution in [3.05, 3.63) is 95.8 Å². The fraction of sp³-hybridized carbons (Fsp3) is 0.0435. The van der Waals surface area contributed by atoms with Crippen LogP contribution in [-0.4, -0.2) is 21.8 Å². The maximum absolute atomic E-state index is 12.6. The van der Waals surface area contributed by atoms with Gasteiger partial charge in [0.2, 0.25) is 0 Å². The van der Waals surface area contributed by atoms with Gasteiger partial charge >= 0.3 is 5.97 Å². The number of hydrogen-bond donors (Lipinski definition) is 2. The maximum atomic E-state index is 12.6. The third-order valence-corrected chi connectivity index (χ3v) is 4.44. The molecule has 3 N–H and O–H groups in total. The van der Waals surface area contributed by atoms with E-state index in [-0.39, 0.29) is 18.1 Å². The second kappa shape index (κ2) is 8.40. The molecule has 0 aliphatic heterocycles. The van der Waals surface area contributed by atoms with Crippen LogP contribution in [0.2, 0.25) is 0 Å². The average molecular weight is 398 g/mol. The number of ether oxygens (including phenoxy) is 1. The Labute approximate surface area is 172 Å². The number of nitrogens with one attached hydrogen (secondary N) is 1. The van der Waals surface area contributed by atoms with E-state index in [2.05, 4.69) is 15.3 Å². The van der Waals surface area contributed by atoms with Crippen molar-refractivity contribution in [1.82, 2.24) is 9.97 Å². The standard InChI is InChI=1S/C23H18N4O3/c24-21-16-10-4-6-12-18(16)25-20(27-21)14-30-23(29)17-11-5-7-13-19(17)26-22(28)15-8-2-1-3-9-15/h1-13H,14H2,(H,26,28)(H2,24,25,27). The number of nitrogens with two attached hydrogens (primary N) is 1. The van der Waals surface area contributed by atoms with E-state index in [1.54, 1.807) is 48.5 Å². The van der Waals surface area contributed by atoms with Gasteiger partial charge in [-0.25, -0.2) is 14.8 Å². The molecule has 0 radical (unpaired) electrons. The monoisotopic (exact) mass is 398 g/mol. The first-order chi connectivity index (χ1) is 14.6. The van der Waals surface area contributed by atoms with Crippen LogP contribution in [-0.2, 0) is 11.3 Å². The van der Waals surface area contributed by atoms with Crippen LogP contribution in [0.4, 0.5) is 11.5 Å². The molecule has 0 saturated carbocycles. The van der Waals surface area contributed by atoms with E-state index in [9.17, 15) is 9.59 Å². The quantitative estimate of drug-likeness (QED) is 0.495. The number of para-hydroxylation sites is 2. The van der Waals surface area contributed by atoms with E-state index in [4.69, 9.17) is 10.5 Å². The second-order valence-electron chi connectivity index (χ2n) is 6.48. The minimum atomic E-state index is -0.603. The average Bonchev–Trinajstić information content (AvgIpc) is 2.78. The van der Waals surface area contributed by atoms with Crippen LogP contribution >= 0.6 is 0 Å². The largest absolute Gasteiger partial charge is 0.454 e. The van der Waals surface area contributed by atoms with Crippen LogP contribution in [0, 0.1) is 0 Å². The molecule has 148 valence electrons. The molecule has 1 heterocycles. The SMILES string of the molecule is Nc1nc(COC(=O)c2ccccc2NC(=O)c2ccccc2)nc2ccccc12. The lowest BCUT2D eigenvalue weighted by Crippen LogP contribution is -2.16. The lowest BCUT2D eigenvalue weighted by atomic mass is 10.1. The zero-order valence-corrected chi connectivity index (χ0v) is 15.9. The highest BCUT2D eigenvalue weighted by Gasteiger charge is 2.16. The van der Waals surface area contributed by atoms with E-state index in [1.807, 2.05) is 30.3 Å². The fourth-order valence-electron chi connectivity index (χ4n) is 2.98. The van der Waals surface area contributed by atoms with Gasteiger partial charge in [0.25, 0.3) is 5.91 Å². The van der Waals surface area contributed by atoms with E-state index in [1.165, 1.54) is 0 Å². The first kappa shape index (κ1) is 19.1. The molecule has 0 aliphatic rings. The number of benzene rings is 3. The smallest absolute Gasteiger partial charge is 0.340 e. The van der Waals surface area contributed by atoms with Gasteiger partial charge in [0, 0.05) is 10.9 Å². The molecule has 7 heteroatoms. The lowest BCUT2D eigenvalue weighted by Gasteiger charge is -2.11. The number of amides is 1. The molecule has 1 aromatic heterocycles. The van der Waals surface area contributed by atoms with E-state index in [0.29, 0.717) is 28.4 Å². The number of nitrogens with zero attached hydrogens (tertiary/aromatic N) is 2. The highest BCUT2D eigenvalue weighted by Crippen LogP contribution is 2.20. The molecule has 7 nitrogen and oxygen atoms in total. The Morgan fingerprint density at radius 3 is 2.40 bits per heavy atom. The Hall–Kier alpha value is -4.26. The molecule has 4 rings (SSSR count). The first-order valence-corrected chi connectivity index (χ1v) is 9.25. The molecule has 1 amide bonds. The van der Waals surface area contributed by atoms with Gasteiger partial charge in [-0.15, -0.1) is 0 Å². The van der Waals surface area contributed by atoms with Crippen molar-refractivity contribution in [2.45, 2.75) is 6.61 Å². The van der Waals surface area contributed by atoms with Gasteiger partial charge in [-0.2, -0.15) is 0 Å². The van der Waals surface area contributed by atoms with Gasteiger partial charge in [-0.3, -0.25) is 4.79 Å². The summed E-state index contributed by atoms with van der Waals surface area (Å²) in [5.41, 5.74) is 7.72. The number of carbonyl (C=O) groups excluding carboxylic acids is 2. The van der Waals surface area contributed by atoms with Gasteiger partial charge in [0.15, 0.2) is 12.4 Å². The van der Waals surface area contributed by atoms with Crippen molar-refractivity contribution >= 4 is 34.3 Å². The summed E-state index contributed by atoms with van der Waals surface area (Å²) in [4.78, 5) is 33.6. The zero-order chi connectivity index (χ0) is 20.9. The summed E-state index contributed by atoms with van der Waals surface area (Å²) in [7, 11) is 0. The number of nitrogen functional groups attached to an aromatic ring is 1. The Balaban J connectivity index is 1.50. The number of anilines is 2. The minimum absolute atomic E-state index is 0.144. The number of fused-ring (bicyclic) bond motifs is 1. The number of hydrogen-bond acceptors (Lipinski definition) is 6. The van der Waals surface area contributed by atoms with Crippen molar-refractivity contribution in [1.29, 1.82) is 0 Å². The third kappa shape index (κ3) is 4.10. The molecule has 4 aromatic rings. The second-order valence-corrected chi connectivity index (χ2v) is 6.48. The first-order valence-electron chi connectivity index (χ1n) is 9.25. The Morgan fingerprint density at radius 2 is 1.57 bits per heavy atom. The minimum Gasteiger partial charge on any atom is -0.454 e. The molecule has 0 unspecified atom stereocenters. The summed E-state index contributed by atoms with van der Waals surface area (Å²) in [5.74, 6) is -0.302. The molecule has 0 bridgehead atoms. The Morgan fingerprint density at radius 1 is 0.867 bits per heavy atom.